The minimum absolute atomic E-state index is 0.0516. The van der Waals surface area contributed by atoms with Crippen molar-refractivity contribution < 1.29 is 17.9 Å². The first-order valence-corrected chi connectivity index (χ1v) is 6.90. The lowest BCUT2D eigenvalue weighted by Crippen LogP contribution is -2.32. The van der Waals surface area contributed by atoms with Crippen molar-refractivity contribution in [3.63, 3.8) is 0 Å². The minimum atomic E-state index is -2.84. The second-order valence-electron chi connectivity index (χ2n) is 3.71. The second-order valence-corrected chi connectivity index (χ2v) is 5.94. The molecular formula is C9H17NO4S. The van der Waals surface area contributed by atoms with Gasteiger partial charge < -0.3 is 10.1 Å². The maximum atomic E-state index is 11.1. The highest BCUT2D eigenvalue weighted by molar-refractivity contribution is 7.91. The van der Waals surface area contributed by atoms with Crippen LogP contribution in [0.4, 0.5) is 0 Å². The van der Waals surface area contributed by atoms with E-state index in [-0.39, 0.29) is 29.9 Å². The van der Waals surface area contributed by atoms with Gasteiger partial charge in [0.25, 0.3) is 0 Å². The highest BCUT2D eigenvalue weighted by Crippen LogP contribution is 2.17. The normalized spacial score (nSPS) is 23.9. The summed E-state index contributed by atoms with van der Waals surface area (Å²) in [6, 6.07) is 0. The predicted molar refractivity (Wildman–Crippen MR) is 56.3 cm³/mol. The molecule has 1 atom stereocenters. The zero-order chi connectivity index (χ0) is 11.3. The van der Waals surface area contributed by atoms with Crippen molar-refractivity contribution in [3.8, 4) is 0 Å². The Morgan fingerprint density at radius 3 is 2.80 bits per heavy atom. The summed E-state index contributed by atoms with van der Waals surface area (Å²) in [4.78, 5) is 11.1. The molecule has 0 aliphatic carbocycles. The number of rotatable bonds is 5. The molecule has 0 aromatic heterocycles. The van der Waals surface area contributed by atoms with Gasteiger partial charge in [0.05, 0.1) is 11.5 Å². The Labute approximate surface area is 90.1 Å². The third kappa shape index (κ3) is 4.61. The molecular weight excluding hydrogens is 218 g/mol. The van der Waals surface area contributed by atoms with Crippen LogP contribution in [0.5, 0.6) is 0 Å². The van der Waals surface area contributed by atoms with Crippen LogP contribution in [0.1, 0.15) is 13.3 Å². The zero-order valence-corrected chi connectivity index (χ0v) is 9.68. The Morgan fingerprint density at radius 2 is 2.27 bits per heavy atom. The molecule has 0 radical (unpaired) electrons. The van der Waals surface area contributed by atoms with Gasteiger partial charge in [-0.2, -0.15) is 0 Å². The molecule has 0 aromatic rings. The van der Waals surface area contributed by atoms with Crippen LogP contribution in [0.15, 0.2) is 0 Å². The van der Waals surface area contributed by atoms with Crippen molar-refractivity contribution in [1.82, 2.24) is 5.32 Å². The number of sulfone groups is 1. The molecule has 6 heteroatoms. The van der Waals surface area contributed by atoms with Crippen molar-refractivity contribution in [2.24, 2.45) is 5.92 Å². The molecule has 88 valence electrons. The molecule has 1 amide bonds. The average Bonchev–Trinajstić information content (AvgIpc) is 2.52. The molecule has 5 nitrogen and oxygen atoms in total. The molecule has 1 unspecified atom stereocenters. The van der Waals surface area contributed by atoms with Crippen LogP contribution in [-0.2, 0) is 19.4 Å². The van der Waals surface area contributed by atoms with Gasteiger partial charge in [-0.25, -0.2) is 8.42 Å². The first-order chi connectivity index (χ1) is 7.03. The fourth-order valence-corrected chi connectivity index (χ4v) is 3.40. The number of carbonyl (C=O) groups excluding carboxylic acids is 1. The number of nitrogens with one attached hydrogen (secondary N) is 1. The fraction of sp³-hybridized carbons (Fsp3) is 0.889. The summed E-state index contributed by atoms with van der Waals surface area (Å²) < 4.78 is 27.2. The number of hydrogen-bond acceptors (Lipinski definition) is 4. The lowest BCUT2D eigenvalue weighted by Gasteiger charge is -2.09. The maximum Gasteiger partial charge on any atom is 0.246 e. The molecule has 1 heterocycles. The lowest BCUT2D eigenvalue weighted by atomic mass is 10.1. The van der Waals surface area contributed by atoms with Crippen LogP contribution >= 0.6 is 0 Å². The van der Waals surface area contributed by atoms with Gasteiger partial charge in [0.15, 0.2) is 9.84 Å². The molecule has 0 spiro atoms. The number of amides is 1. The Hall–Kier alpha value is -0.620. The molecule has 0 aromatic carbocycles. The topological polar surface area (TPSA) is 72.5 Å². The van der Waals surface area contributed by atoms with Crippen LogP contribution in [-0.4, -0.2) is 45.6 Å². The van der Waals surface area contributed by atoms with Crippen molar-refractivity contribution in [2.75, 3.05) is 31.3 Å². The van der Waals surface area contributed by atoms with E-state index in [1.165, 1.54) is 0 Å². The Kier molecular flexibility index (Phi) is 4.53. The minimum Gasteiger partial charge on any atom is -0.372 e. The van der Waals surface area contributed by atoms with E-state index >= 15 is 0 Å². The number of ether oxygens (including phenoxy) is 1. The maximum absolute atomic E-state index is 11.1. The number of hydrogen-bond donors (Lipinski definition) is 1. The highest BCUT2D eigenvalue weighted by Gasteiger charge is 2.27. The molecule has 1 aliphatic rings. The first-order valence-electron chi connectivity index (χ1n) is 5.08. The third-order valence-electron chi connectivity index (χ3n) is 2.35. The van der Waals surface area contributed by atoms with E-state index in [1.54, 1.807) is 0 Å². The van der Waals surface area contributed by atoms with Gasteiger partial charge in [-0.1, -0.05) is 0 Å². The smallest absolute Gasteiger partial charge is 0.246 e. The van der Waals surface area contributed by atoms with E-state index in [4.69, 9.17) is 4.74 Å². The number of carbonyl (C=O) groups is 1. The fourth-order valence-electron chi connectivity index (χ4n) is 1.54. The summed E-state index contributed by atoms with van der Waals surface area (Å²) in [5.74, 6) is 0.336. The predicted octanol–water partition coefficient (Wildman–Crippen LogP) is -0.426. The molecule has 1 fully saturated rings. The van der Waals surface area contributed by atoms with E-state index < -0.39 is 9.84 Å². The standard InChI is InChI=1S/C9H17NO4S/c1-2-14-6-9(11)10-5-8-3-4-15(12,13)7-8/h8H,2-7H2,1H3,(H,10,11). The van der Waals surface area contributed by atoms with Gasteiger partial charge >= 0.3 is 0 Å². The molecule has 0 bridgehead atoms. The van der Waals surface area contributed by atoms with Crippen molar-refractivity contribution in [3.05, 3.63) is 0 Å². The van der Waals surface area contributed by atoms with Crippen LogP contribution in [0, 0.1) is 5.92 Å². The summed E-state index contributed by atoms with van der Waals surface area (Å²) in [7, 11) is -2.84. The van der Waals surface area contributed by atoms with Crippen LogP contribution in [0.3, 0.4) is 0 Å². The second kappa shape index (κ2) is 5.46. The molecule has 1 rings (SSSR count). The van der Waals surface area contributed by atoms with Crippen LogP contribution < -0.4 is 5.32 Å². The summed E-state index contributed by atoms with van der Waals surface area (Å²) >= 11 is 0. The Morgan fingerprint density at radius 1 is 1.53 bits per heavy atom. The van der Waals surface area contributed by atoms with Gasteiger partial charge in [0.2, 0.25) is 5.91 Å². The molecule has 1 saturated heterocycles. The lowest BCUT2D eigenvalue weighted by molar-refractivity contribution is -0.125. The van der Waals surface area contributed by atoms with Gasteiger partial charge in [0, 0.05) is 13.2 Å². The highest BCUT2D eigenvalue weighted by atomic mass is 32.2. The van der Waals surface area contributed by atoms with E-state index in [0.717, 1.165) is 0 Å². The summed E-state index contributed by atoms with van der Waals surface area (Å²) in [5, 5.41) is 2.67. The quantitative estimate of drug-likeness (QED) is 0.702. The summed E-state index contributed by atoms with van der Waals surface area (Å²) in [5.41, 5.74) is 0. The van der Waals surface area contributed by atoms with Crippen LogP contribution in [0.2, 0.25) is 0 Å². The van der Waals surface area contributed by atoms with Crippen molar-refractivity contribution in [2.45, 2.75) is 13.3 Å². The largest absolute Gasteiger partial charge is 0.372 e. The average molecular weight is 235 g/mol. The monoisotopic (exact) mass is 235 g/mol. The van der Waals surface area contributed by atoms with Gasteiger partial charge in [0.1, 0.15) is 6.61 Å². The SMILES string of the molecule is CCOCC(=O)NCC1CCS(=O)(=O)C1. The Balaban J connectivity index is 2.18. The third-order valence-corrected chi connectivity index (χ3v) is 4.19. The van der Waals surface area contributed by atoms with Crippen molar-refractivity contribution in [1.29, 1.82) is 0 Å². The van der Waals surface area contributed by atoms with Gasteiger partial charge in [-0.05, 0) is 19.3 Å². The molecule has 1 aliphatic heterocycles. The Bertz CT molecular complexity index is 312. The molecule has 15 heavy (non-hydrogen) atoms. The van der Waals surface area contributed by atoms with Crippen LogP contribution in [0.25, 0.3) is 0 Å². The summed E-state index contributed by atoms with van der Waals surface area (Å²) in [6.07, 6.45) is 0.650. The van der Waals surface area contributed by atoms with E-state index in [9.17, 15) is 13.2 Å². The molecule has 0 saturated carbocycles. The molecule has 1 N–H and O–H groups in total. The van der Waals surface area contributed by atoms with E-state index in [2.05, 4.69) is 5.32 Å². The van der Waals surface area contributed by atoms with Gasteiger partial charge in [-0.3, -0.25) is 4.79 Å². The first kappa shape index (κ1) is 12.4. The van der Waals surface area contributed by atoms with Crippen molar-refractivity contribution >= 4 is 15.7 Å². The zero-order valence-electron chi connectivity index (χ0n) is 8.86. The van der Waals surface area contributed by atoms with E-state index in [1.807, 2.05) is 6.92 Å². The van der Waals surface area contributed by atoms with Gasteiger partial charge in [-0.15, -0.1) is 0 Å². The van der Waals surface area contributed by atoms with E-state index in [0.29, 0.717) is 19.6 Å². The summed E-state index contributed by atoms with van der Waals surface area (Å²) in [6.45, 7) is 2.81.